The van der Waals surface area contributed by atoms with Crippen LogP contribution in [-0.2, 0) is 4.74 Å². The van der Waals surface area contributed by atoms with Crippen molar-refractivity contribution in [2.24, 2.45) is 5.92 Å². The molecule has 0 radical (unpaired) electrons. The molecule has 54 heavy (non-hydrogen) atoms. The van der Waals surface area contributed by atoms with E-state index in [1.54, 1.807) is 12.3 Å². The van der Waals surface area contributed by atoms with Crippen molar-refractivity contribution in [2.75, 3.05) is 50.9 Å². The molecular weight excluding hydrogens is 708 g/mol. The minimum absolute atomic E-state index is 0.00868. The van der Waals surface area contributed by atoms with Crippen molar-refractivity contribution < 1.29 is 27.8 Å². The summed E-state index contributed by atoms with van der Waals surface area (Å²) in [6.07, 6.45) is 2.75. The van der Waals surface area contributed by atoms with Gasteiger partial charge in [-0.1, -0.05) is 60.5 Å². The smallest absolute Gasteiger partial charge is 0.319 e. The molecule has 3 atom stereocenters. The van der Waals surface area contributed by atoms with Crippen LogP contribution in [0.25, 0.3) is 32.9 Å². The van der Waals surface area contributed by atoms with Crippen LogP contribution in [0.2, 0.25) is 16.6 Å². The molecular formula is C42H52F3N5O3Si. The third-order valence-electron chi connectivity index (χ3n) is 12.2. The first-order valence-electron chi connectivity index (χ1n) is 19.4. The van der Waals surface area contributed by atoms with Gasteiger partial charge in [-0.25, -0.2) is 13.2 Å². The summed E-state index contributed by atoms with van der Waals surface area (Å²) in [4.78, 5) is 18.3. The van der Waals surface area contributed by atoms with Crippen LogP contribution in [0.3, 0.4) is 0 Å². The van der Waals surface area contributed by atoms with E-state index in [2.05, 4.69) is 74.8 Å². The molecule has 8 nitrogen and oxygen atoms in total. The van der Waals surface area contributed by atoms with Gasteiger partial charge in [-0.2, -0.15) is 9.97 Å². The lowest BCUT2D eigenvalue weighted by Gasteiger charge is -2.38. The number of rotatable bonds is 8. The zero-order valence-electron chi connectivity index (χ0n) is 32.5. The highest BCUT2D eigenvalue weighted by Crippen LogP contribution is 2.43. The Balaban J connectivity index is 1.41. The third-order valence-corrected chi connectivity index (χ3v) is 18.5. The number of phenolic OH excluding ortho intramolecular Hbond substituents is 1. The molecule has 0 spiro atoms. The number of benzene rings is 2. The molecule has 2 unspecified atom stereocenters. The number of hydrogen-bond acceptors (Lipinski definition) is 8. The molecule has 3 aliphatic heterocycles. The minimum atomic E-state index is -2.28. The molecule has 0 aliphatic carbocycles. The number of alkyl halides is 1. The first-order chi connectivity index (χ1) is 25.7. The van der Waals surface area contributed by atoms with Gasteiger partial charge in [-0.15, -0.1) is 5.54 Å². The molecule has 5 heterocycles. The lowest BCUT2D eigenvalue weighted by atomic mass is 9.95. The van der Waals surface area contributed by atoms with Crippen molar-refractivity contribution in [1.82, 2.24) is 19.9 Å². The van der Waals surface area contributed by atoms with E-state index in [1.807, 2.05) is 4.90 Å². The summed E-state index contributed by atoms with van der Waals surface area (Å²) < 4.78 is 60.1. The summed E-state index contributed by atoms with van der Waals surface area (Å²) in [5.41, 5.74) is 4.37. The summed E-state index contributed by atoms with van der Waals surface area (Å²) >= 11 is 0. The Morgan fingerprint density at radius 1 is 1.06 bits per heavy atom. The van der Waals surface area contributed by atoms with Gasteiger partial charge in [-0.05, 0) is 65.5 Å². The van der Waals surface area contributed by atoms with Crippen LogP contribution in [0.15, 0.2) is 30.5 Å². The van der Waals surface area contributed by atoms with Crippen molar-refractivity contribution in [1.29, 1.82) is 0 Å². The van der Waals surface area contributed by atoms with Crippen LogP contribution in [0.1, 0.15) is 73.3 Å². The van der Waals surface area contributed by atoms with Gasteiger partial charge >= 0.3 is 6.01 Å². The summed E-state index contributed by atoms with van der Waals surface area (Å²) in [5.74, 6) is 2.53. The van der Waals surface area contributed by atoms with Crippen LogP contribution in [-0.4, -0.2) is 90.7 Å². The lowest BCUT2D eigenvalue weighted by molar-refractivity contribution is 0.107. The monoisotopic (exact) mass is 759 g/mol. The van der Waals surface area contributed by atoms with E-state index in [9.17, 15) is 9.50 Å². The molecule has 2 aromatic heterocycles. The number of halogens is 3. The van der Waals surface area contributed by atoms with Crippen LogP contribution < -0.4 is 9.64 Å². The fourth-order valence-corrected chi connectivity index (χ4v) is 14.9. The first kappa shape index (κ1) is 38.4. The van der Waals surface area contributed by atoms with E-state index in [4.69, 9.17) is 14.5 Å². The number of aromatic nitrogens is 3. The zero-order chi connectivity index (χ0) is 38.5. The average Bonchev–Trinajstić information content (AvgIpc) is 3.55. The van der Waals surface area contributed by atoms with Gasteiger partial charge in [0.25, 0.3) is 0 Å². The van der Waals surface area contributed by atoms with Gasteiger partial charge in [-0.3, -0.25) is 9.88 Å². The average molecular weight is 760 g/mol. The van der Waals surface area contributed by atoms with Crippen molar-refractivity contribution in [3.63, 3.8) is 0 Å². The molecule has 12 heteroatoms. The topological polar surface area (TPSA) is 83.8 Å². The molecule has 2 aromatic carbocycles. The summed E-state index contributed by atoms with van der Waals surface area (Å²) in [5, 5.41) is 12.2. The van der Waals surface area contributed by atoms with Crippen LogP contribution in [0.5, 0.6) is 11.8 Å². The van der Waals surface area contributed by atoms with Gasteiger partial charge in [0.1, 0.15) is 49.4 Å². The third kappa shape index (κ3) is 6.81. The van der Waals surface area contributed by atoms with Crippen molar-refractivity contribution in [3.8, 4) is 34.5 Å². The zero-order valence-corrected chi connectivity index (χ0v) is 33.5. The number of fused-ring (bicyclic) bond motifs is 3. The van der Waals surface area contributed by atoms with Crippen LogP contribution in [0.4, 0.5) is 19.0 Å². The van der Waals surface area contributed by atoms with Crippen molar-refractivity contribution in [3.05, 3.63) is 47.7 Å². The van der Waals surface area contributed by atoms with Crippen molar-refractivity contribution in [2.45, 2.75) is 96.1 Å². The SMILES string of the molecule is CC1COCCN(c2nc(OCC34CCCN3C[C@H](F)C4)nc3c(F)c(-c4cc(O)cc5ccc(F)c(C#C[Si](C(C)C)(C(C)C)C(C)C)c45)ncc23)C1. The molecule has 288 valence electrons. The maximum Gasteiger partial charge on any atom is 0.319 e. The van der Waals surface area contributed by atoms with Gasteiger partial charge in [0.15, 0.2) is 5.82 Å². The predicted octanol–water partition coefficient (Wildman–Crippen LogP) is 8.83. The van der Waals surface area contributed by atoms with E-state index in [1.165, 1.54) is 18.2 Å². The lowest BCUT2D eigenvalue weighted by Crippen LogP contribution is -2.43. The summed E-state index contributed by atoms with van der Waals surface area (Å²) in [7, 11) is -2.28. The summed E-state index contributed by atoms with van der Waals surface area (Å²) in [6, 6.07) is 5.86. The largest absolute Gasteiger partial charge is 0.508 e. The highest BCUT2D eigenvalue weighted by Gasteiger charge is 2.49. The molecule has 3 aliphatic rings. The van der Waals surface area contributed by atoms with E-state index < -0.39 is 31.4 Å². The number of hydrogen-bond donors (Lipinski definition) is 1. The highest BCUT2D eigenvalue weighted by molar-refractivity contribution is 6.90. The molecule has 0 saturated carbocycles. The fraction of sp³-hybridized carbons (Fsp3) is 0.548. The second-order valence-electron chi connectivity index (χ2n) is 16.7. The maximum absolute atomic E-state index is 17.3. The van der Waals surface area contributed by atoms with E-state index in [-0.39, 0.29) is 46.6 Å². The second-order valence-corrected chi connectivity index (χ2v) is 22.2. The molecule has 1 N–H and O–H groups in total. The predicted molar refractivity (Wildman–Crippen MR) is 211 cm³/mol. The maximum atomic E-state index is 17.3. The highest BCUT2D eigenvalue weighted by atomic mass is 28.3. The molecule has 3 fully saturated rings. The minimum Gasteiger partial charge on any atom is -0.508 e. The molecule has 7 rings (SSSR count). The van der Waals surface area contributed by atoms with E-state index in [0.717, 1.165) is 19.4 Å². The number of aromatic hydroxyl groups is 1. The molecule has 3 saturated heterocycles. The fourth-order valence-electron chi connectivity index (χ4n) is 9.67. The van der Waals surface area contributed by atoms with Crippen LogP contribution in [0, 0.1) is 29.0 Å². The van der Waals surface area contributed by atoms with Gasteiger partial charge < -0.3 is 19.5 Å². The Morgan fingerprint density at radius 2 is 1.81 bits per heavy atom. The van der Waals surface area contributed by atoms with E-state index >= 15 is 8.78 Å². The van der Waals surface area contributed by atoms with Gasteiger partial charge in [0.2, 0.25) is 0 Å². The first-order valence-corrected chi connectivity index (χ1v) is 21.7. The summed E-state index contributed by atoms with van der Waals surface area (Å²) in [6.45, 7) is 18.8. The van der Waals surface area contributed by atoms with Crippen molar-refractivity contribution >= 4 is 35.6 Å². The Labute approximate surface area is 317 Å². The molecule has 4 aromatic rings. The second kappa shape index (κ2) is 15.0. The number of ether oxygens (including phenoxy) is 2. The quantitative estimate of drug-likeness (QED) is 0.141. The normalized spacial score (nSPS) is 22.4. The van der Waals surface area contributed by atoms with Gasteiger partial charge in [0, 0.05) is 43.2 Å². The molecule has 0 bridgehead atoms. The number of phenols is 1. The standard InChI is InChI=1S/C42H52F3N5O3Si/c1-25(2)54(26(3)4,27(5)6)16-11-32-35(44)10-9-29-17-31(51)18-33(36(29)32)38-37(45)39-34(20-46-38)40(49-14-15-52-23-28(7)21-49)48-41(47-39)53-24-42-12-8-13-50(42)22-30(43)19-42/h9-10,17-18,20,25-28,30,51H,8,12-15,19,21-24H2,1-7H3/t28?,30-,42?/m1/s1. The van der Waals surface area contributed by atoms with Crippen LogP contribution >= 0.6 is 0 Å². The van der Waals surface area contributed by atoms with Gasteiger partial charge in [0.05, 0.1) is 29.7 Å². The Bertz CT molecular complexity index is 2100. The molecule has 0 amide bonds. The number of pyridine rings is 1. The number of anilines is 1. The van der Waals surface area contributed by atoms with E-state index in [0.29, 0.717) is 77.9 Å². The Hall–Kier alpha value is -3.92. The Morgan fingerprint density at radius 3 is 2.56 bits per heavy atom. The number of nitrogens with zero attached hydrogens (tertiary/aromatic N) is 5. The Kier molecular flexibility index (Phi) is 10.6.